The van der Waals surface area contributed by atoms with E-state index in [1.807, 2.05) is 12.1 Å². The number of hydrogen-bond donors (Lipinski definition) is 1. The Labute approximate surface area is 105 Å². The molecule has 0 saturated carbocycles. The molecule has 1 rings (SSSR count). The number of halogens is 1. The summed E-state index contributed by atoms with van der Waals surface area (Å²) in [4.78, 5) is 1.46. The molecular formula is C12H13FN4O. The maximum Gasteiger partial charge on any atom is 0.167 e. The third-order valence-electron chi connectivity index (χ3n) is 2.24. The number of anilines is 2. The van der Waals surface area contributed by atoms with Gasteiger partial charge in [0.05, 0.1) is 30.1 Å². The summed E-state index contributed by atoms with van der Waals surface area (Å²) in [6.07, 6.45) is 0. The van der Waals surface area contributed by atoms with Gasteiger partial charge in [-0.25, -0.2) is 4.39 Å². The monoisotopic (exact) mass is 248 g/mol. The van der Waals surface area contributed by atoms with Gasteiger partial charge in [-0.3, -0.25) is 0 Å². The molecule has 5 nitrogen and oxygen atoms in total. The number of ether oxygens (including phenoxy) is 1. The van der Waals surface area contributed by atoms with Gasteiger partial charge in [-0.15, -0.1) is 0 Å². The van der Waals surface area contributed by atoms with Crippen molar-refractivity contribution in [2.75, 3.05) is 30.3 Å². The summed E-state index contributed by atoms with van der Waals surface area (Å²) < 4.78 is 18.6. The molecule has 0 aromatic heterocycles. The highest BCUT2D eigenvalue weighted by Gasteiger charge is 2.14. The molecule has 0 saturated heterocycles. The average Bonchev–Trinajstić information content (AvgIpc) is 2.33. The summed E-state index contributed by atoms with van der Waals surface area (Å²) in [6, 6.07) is 6.39. The SMILES string of the molecule is CCOc1cc(N(CC#N)CC#N)c(N)cc1F. The number of nitrogens with zero attached hydrogens (tertiary/aromatic N) is 3. The van der Waals surface area contributed by atoms with Crippen molar-refractivity contribution in [3.05, 3.63) is 17.9 Å². The van der Waals surface area contributed by atoms with Gasteiger partial charge >= 0.3 is 0 Å². The summed E-state index contributed by atoms with van der Waals surface area (Å²) in [7, 11) is 0. The largest absolute Gasteiger partial charge is 0.491 e. The smallest absolute Gasteiger partial charge is 0.167 e. The first-order chi connectivity index (χ1) is 8.63. The second kappa shape index (κ2) is 6.31. The normalized spacial score (nSPS) is 9.33. The van der Waals surface area contributed by atoms with Crippen molar-refractivity contribution in [3.63, 3.8) is 0 Å². The summed E-state index contributed by atoms with van der Waals surface area (Å²) >= 11 is 0. The van der Waals surface area contributed by atoms with Crippen LogP contribution in [-0.2, 0) is 0 Å². The minimum Gasteiger partial charge on any atom is -0.491 e. The molecule has 18 heavy (non-hydrogen) atoms. The molecule has 0 atom stereocenters. The zero-order valence-corrected chi connectivity index (χ0v) is 9.98. The topological polar surface area (TPSA) is 86.1 Å². The molecule has 0 aliphatic carbocycles. The first-order valence-electron chi connectivity index (χ1n) is 5.34. The van der Waals surface area contributed by atoms with Crippen molar-refractivity contribution in [3.8, 4) is 17.9 Å². The molecule has 0 bridgehead atoms. The summed E-state index contributed by atoms with van der Waals surface area (Å²) in [6.45, 7) is 2.04. The maximum atomic E-state index is 13.5. The van der Waals surface area contributed by atoms with Crippen LogP contribution in [-0.4, -0.2) is 19.7 Å². The third kappa shape index (κ3) is 3.02. The number of nitriles is 2. The fourth-order valence-electron chi connectivity index (χ4n) is 1.49. The highest BCUT2D eigenvalue weighted by atomic mass is 19.1. The van der Waals surface area contributed by atoms with Gasteiger partial charge in [-0.2, -0.15) is 10.5 Å². The highest BCUT2D eigenvalue weighted by Crippen LogP contribution is 2.30. The molecule has 0 amide bonds. The molecule has 0 spiro atoms. The van der Waals surface area contributed by atoms with E-state index in [1.165, 1.54) is 11.0 Å². The van der Waals surface area contributed by atoms with Crippen molar-refractivity contribution in [1.82, 2.24) is 0 Å². The standard InChI is InChI=1S/C12H13FN4O/c1-2-18-12-8-11(10(16)7-9(12)13)17(5-3-14)6-4-15/h7-8H,2,5-6,16H2,1H3. The van der Waals surface area contributed by atoms with E-state index in [2.05, 4.69) is 0 Å². The zero-order chi connectivity index (χ0) is 13.5. The van der Waals surface area contributed by atoms with E-state index >= 15 is 0 Å². The van der Waals surface area contributed by atoms with E-state index in [4.69, 9.17) is 21.0 Å². The molecule has 94 valence electrons. The van der Waals surface area contributed by atoms with E-state index in [0.29, 0.717) is 12.3 Å². The predicted octanol–water partition coefficient (Wildman–Crippen LogP) is 1.66. The maximum absolute atomic E-state index is 13.5. The Bertz CT molecular complexity index is 488. The lowest BCUT2D eigenvalue weighted by atomic mass is 10.2. The van der Waals surface area contributed by atoms with Crippen molar-refractivity contribution in [1.29, 1.82) is 10.5 Å². The molecule has 6 heteroatoms. The summed E-state index contributed by atoms with van der Waals surface area (Å²) in [5.41, 5.74) is 6.28. The van der Waals surface area contributed by atoms with E-state index < -0.39 is 5.82 Å². The Morgan fingerprint density at radius 2 is 1.94 bits per heavy atom. The molecule has 0 aliphatic heterocycles. The van der Waals surface area contributed by atoms with Gasteiger partial charge in [0.2, 0.25) is 0 Å². The number of benzene rings is 1. The van der Waals surface area contributed by atoms with Crippen LogP contribution in [0, 0.1) is 28.5 Å². The summed E-state index contributed by atoms with van der Waals surface area (Å²) in [5.74, 6) is -0.505. The number of nitrogens with two attached hydrogens (primary N) is 1. The van der Waals surface area contributed by atoms with Gasteiger partial charge in [0.25, 0.3) is 0 Å². The number of hydrogen-bond acceptors (Lipinski definition) is 5. The van der Waals surface area contributed by atoms with Gasteiger partial charge in [-0.1, -0.05) is 0 Å². The highest BCUT2D eigenvalue weighted by molar-refractivity contribution is 5.70. The average molecular weight is 248 g/mol. The first-order valence-corrected chi connectivity index (χ1v) is 5.34. The number of nitrogen functional groups attached to an aromatic ring is 1. The molecule has 2 N–H and O–H groups in total. The third-order valence-corrected chi connectivity index (χ3v) is 2.24. The van der Waals surface area contributed by atoms with Crippen LogP contribution in [0.1, 0.15) is 6.92 Å². The lowest BCUT2D eigenvalue weighted by molar-refractivity contribution is 0.322. The van der Waals surface area contributed by atoms with Crippen LogP contribution >= 0.6 is 0 Å². The van der Waals surface area contributed by atoms with Crippen molar-refractivity contribution >= 4 is 11.4 Å². The molecule has 1 aromatic carbocycles. The van der Waals surface area contributed by atoms with Gasteiger partial charge < -0.3 is 15.4 Å². The predicted molar refractivity (Wildman–Crippen MR) is 65.4 cm³/mol. The van der Waals surface area contributed by atoms with Crippen LogP contribution in [0.4, 0.5) is 15.8 Å². The van der Waals surface area contributed by atoms with Gasteiger partial charge in [0.1, 0.15) is 13.1 Å². The fraction of sp³-hybridized carbons (Fsp3) is 0.333. The van der Waals surface area contributed by atoms with Crippen molar-refractivity contribution in [2.45, 2.75) is 6.92 Å². The lowest BCUT2D eigenvalue weighted by Gasteiger charge is -2.21. The molecular weight excluding hydrogens is 235 g/mol. The first kappa shape index (κ1) is 13.6. The second-order valence-corrected chi connectivity index (χ2v) is 3.45. The van der Waals surface area contributed by atoms with E-state index in [0.717, 1.165) is 6.07 Å². The van der Waals surface area contributed by atoms with Gasteiger partial charge in [-0.05, 0) is 6.92 Å². The molecule has 0 fully saturated rings. The Morgan fingerprint density at radius 3 is 2.44 bits per heavy atom. The van der Waals surface area contributed by atoms with Crippen molar-refractivity contribution < 1.29 is 9.13 Å². The number of rotatable bonds is 5. The van der Waals surface area contributed by atoms with Crippen molar-refractivity contribution in [2.24, 2.45) is 0 Å². The quantitative estimate of drug-likeness (QED) is 0.632. The zero-order valence-electron chi connectivity index (χ0n) is 9.98. The second-order valence-electron chi connectivity index (χ2n) is 3.45. The van der Waals surface area contributed by atoms with Crippen LogP contribution in [0.2, 0.25) is 0 Å². The molecule has 0 unspecified atom stereocenters. The minimum absolute atomic E-state index is 0.00500. The molecule has 0 radical (unpaired) electrons. The lowest BCUT2D eigenvalue weighted by Crippen LogP contribution is -2.25. The Hall–Kier alpha value is -2.47. The van der Waals surface area contributed by atoms with Crippen LogP contribution in [0.15, 0.2) is 12.1 Å². The Balaban J connectivity index is 3.17. The van der Waals surface area contributed by atoms with Gasteiger partial charge in [0.15, 0.2) is 11.6 Å². The fourth-order valence-corrected chi connectivity index (χ4v) is 1.49. The van der Waals surface area contributed by atoms with E-state index in [-0.39, 0.29) is 24.5 Å². The van der Waals surface area contributed by atoms with E-state index in [1.54, 1.807) is 6.92 Å². The molecule has 0 aliphatic rings. The van der Waals surface area contributed by atoms with Crippen LogP contribution in [0.5, 0.6) is 5.75 Å². The van der Waals surface area contributed by atoms with Crippen LogP contribution in [0.3, 0.4) is 0 Å². The Morgan fingerprint density at radius 1 is 1.33 bits per heavy atom. The molecule has 1 aromatic rings. The summed E-state index contributed by atoms with van der Waals surface area (Å²) in [5, 5.41) is 17.4. The van der Waals surface area contributed by atoms with E-state index in [9.17, 15) is 4.39 Å². The van der Waals surface area contributed by atoms with Crippen LogP contribution in [0.25, 0.3) is 0 Å². The van der Waals surface area contributed by atoms with Gasteiger partial charge in [0, 0.05) is 12.1 Å². The minimum atomic E-state index is -0.563. The molecule has 0 heterocycles. The Kier molecular flexibility index (Phi) is 4.77. The van der Waals surface area contributed by atoms with Crippen LogP contribution < -0.4 is 15.4 Å².